The van der Waals surface area contributed by atoms with E-state index in [1.807, 2.05) is 0 Å². The summed E-state index contributed by atoms with van der Waals surface area (Å²) in [6.45, 7) is 0.143. The number of rotatable bonds is 2. The van der Waals surface area contributed by atoms with E-state index in [9.17, 15) is 18.3 Å². The minimum absolute atomic E-state index is 0.0115. The van der Waals surface area contributed by atoms with Gasteiger partial charge in [0.2, 0.25) is 0 Å². The van der Waals surface area contributed by atoms with Crippen LogP contribution in [0.2, 0.25) is 0 Å². The number of hydrogen-bond donors (Lipinski definition) is 2. The van der Waals surface area contributed by atoms with Crippen molar-refractivity contribution in [2.75, 3.05) is 5.75 Å². The van der Waals surface area contributed by atoms with Gasteiger partial charge in [0.05, 0.1) is 16.5 Å². The Bertz CT molecular complexity index is 788. The zero-order valence-corrected chi connectivity index (χ0v) is 11.0. The normalized spacial score (nSPS) is 22.0. The molecule has 19 heavy (non-hydrogen) atoms. The average Bonchev–Trinajstić information content (AvgIpc) is 2.83. The molecule has 6 nitrogen and oxygen atoms in total. The number of phenolic OH excluding ortho intramolecular Hbond substituents is 1. The van der Waals surface area contributed by atoms with Gasteiger partial charge in [0, 0.05) is 6.54 Å². The third kappa shape index (κ3) is 1.94. The number of nitrogens with zero attached hydrogens (tertiary/aromatic N) is 1. The Labute approximate surface area is 109 Å². The molecule has 3 rings (SSSR count). The van der Waals surface area contributed by atoms with E-state index in [2.05, 4.69) is 4.98 Å². The summed E-state index contributed by atoms with van der Waals surface area (Å²) in [6, 6.07) is 4.80. The van der Waals surface area contributed by atoms with Crippen molar-refractivity contribution in [1.29, 1.82) is 0 Å². The highest BCUT2D eigenvalue weighted by atomic mass is 32.2. The molecule has 0 radical (unpaired) electrons. The van der Waals surface area contributed by atoms with Crippen molar-refractivity contribution in [3.05, 3.63) is 28.7 Å². The Morgan fingerprint density at radius 3 is 2.89 bits per heavy atom. The summed E-state index contributed by atoms with van der Waals surface area (Å²) in [5.41, 5.74) is 0.494. The fourth-order valence-electron chi connectivity index (χ4n) is 2.61. The smallest absolute Gasteiger partial charge is 0.326 e. The van der Waals surface area contributed by atoms with Crippen LogP contribution in [0.15, 0.2) is 23.0 Å². The molecule has 1 saturated heterocycles. The van der Waals surface area contributed by atoms with Gasteiger partial charge in [0.25, 0.3) is 0 Å². The van der Waals surface area contributed by atoms with E-state index in [1.54, 1.807) is 12.1 Å². The van der Waals surface area contributed by atoms with Crippen LogP contribution < -0.4 is 5.69 Å². The standard InChI is InChI=1S/C12H14N2O4S/c15-10-5-1-4-9-11(10)13-12(16)14(9)7-8-3-2-6-19(8,17)18/h1,4-5,8,15H,2-3,6-7H2,(H,13,16). The number of H-pyrrole nitrogens is 1. The molecule has 1 aliphatic rings. The second-order valence-electron chi connectivity index (χ2n) is 4.84. The minimum atomic E-state index is -3.09. The van der Waals surface area contributed by atoms with E-state index >= 15 is 0 Å². The van der Waals surface area contributed by atoms with Crippen molar-refractivity contribution < 1.29 is 13.5 Å². The monoisotopic (exact) mass is 282 g/mol. The van der Waals surface area contributed by atoms with Crippen molar-refractivity contribution in [2.24, 2.45) is 0 Å². The van der Waals surface area contributed by atoms with Crippen LogP contribution in [0.1, 0.15) is 12.8 Å². The third-order valence-electron chi connectivity index (χ3n) is 3.64. The number of nitrogens with one attached hydrogen (secondary N) is 1. The molecule has 0 spiro atoms. The van der Waals surface area contributed by atoms with Crippen LogP contribution in [0.4, 0.5) is 0 Å². The third-order valence-corrected chi connectivity index (χ3v) is 5.90. The molecule has 0 aliphatic carbocycles. The number of fused-ring (bicyclic) bond motifs is 1. The Hall–Kier alpha value is -1.76. The van der Waals surface area contributed by atoms with Gasteiger partial charge < -0.3 is 10.1 Å². The van der Waals surface area contributed by atoms with Crippen LogP contribution >= 0.6 is 0 Å². The Morgan fingerprint density at radius 1 is 1.42 bits per heavy atom. The number of aromatic nitrogens is 2. The van der Waals surface area contributed by atoms with Crippen molar-refractivity contribution in [3.63, 3.8) is 0 Å². The number of aromatic amines is 1. The fourth-order valence-corrected chi connectivity index (χ4v) is 4.42. The predicted octanol–water partition coefficient (Wildman–Crippen LogP) is 0.612. The Morgan fingerprint density at radius 2 is 2.21 bits per heavy atom. The molecule has 7 heteroatoms. The highest BCUT2D eigenvalue weighted by Crippen LogP contribution is 2.25. The summed E-state index contributed by atoms with van der Waals surface area (Å²) >= 11 is 0. The van der Waals surface area contributed by atoms with Gasteiger partial charge in [-0.15, -0.1) is 0 Å². The van der Waals surface area contributed by atoms with Crippen LogP contribution in [0.3, 0.4) is 0 Å². The maximum atomic E-state index is 11.9. The molecular weight excluding hydrogens is 268 g/mol. The molecule has 0 saturated carbocycles. The second-order valence-corrected chi connectivity index (χ2v) is 7.24. The van der Waals surface area contributed by atoms with Gasteiger partial charge in [-0.25, -0.2) is 13.2 Å². The summed E-state index contributed by atoms with van der Waals surface area (Å²) in [5, 5.41) is 9.16. The fraction of sp³-hybridized carbons (Fsp3) is 0.417. The quantitative estimate of drug-likeness (QED) is 0.844. The zero-order valence-electron chi connectivity index (χ0n) is 10.2. The molecular formula is C12H14N2O4S. The van der Waals surface area contributed by atoms with Crippen molar-refractivity contribution >= 4 is 20.9 Å². The number of sulfone groups is 1. The summed E-state index contributed by atoms with van der Waals surface area (Å²) in [7, 11) is -3.09. The first-order chi connectivity index (χ1) is 8.99. The Balaban J connectivity index is 2.09. The van der Waals surface area contributed by atoms with Crippen LogP contribution in [0, 0.1) is 0 Å². The molecule has 0 amide bonds. The summed E-state index contributed by atoms with van der Waals surface area (Å²) in [5.74, 6) is 0.183. The first-order valence-electron chi connectivity index (χ1n) is 6.11. The number of imidazole rings is 1. The lowest BCUT2D eigenvalue weighted by molar-refractivity contribution is 0.480. The number of benzene rings is 1. The number of phenols is 1. The molecule has 1 fully saturated rings. The van der Waals surface area contributed by atoms with Crippen LogP contribution in [-0.4, -0.2) is 34.1 Å². The first kappa shape index (κ1) is 12.3. The zero-order chi connectivity index (χ0) is 13.6. The average molecular weight is 282 g/mol. The van der Waals surface area contributed by atoms with E-state index in [0.717, 1.165) is 0 Å². The molecule has 1 atom stereocenters. The lowest BCUT2D eigenvalue weighted by Gasteiger charge is -2.10. The van der Waals surface area contributed by atoms with Gasteiger partial charge in [-0.05, 0) is 25.0 Å². The van der Waals surface area contributed by atoms with Crippen molar-refractivity contribution in [2.45, 2.75) is 24.6 Å². The topological polar surface area (TPSA) is 92.2 Å². The minimum Gasteiger partial charge on any atom is -0.506 e. The number of aromatic hydroxyl groups is 1. The maximum Gasteiger partial charge on any atom is 0.326 e. The highest BCUT2D eigenvalue weighted by molar-refractivity contribution is 7.92. The molecule has 1 aromatic heterocycles. The molecule has 2 aromatic rings. The number of para-hydroxylation sites is 1. The lowest BCUT2D eigenvalue weighted by Crippen LogP contribution is -2.27. The van der Waals surface area contributed by atoms with Crippen LogP contribution in [0.25, 0.3) is 11.0 Å². The second kappa shape index (κ2) is 4.12. The summed E-state index contributed by atoms with van der Waals surface area (Å²) < 4.78 is 25.0. The van der Waals surface area contributed by atoms with Gasteiger partial charge >= 0.3 is 5.69 Å². The molecule has 0 bridgehead atoms. The number of hydrogen-bond acceptors (Lipinski definition) is 4. The van der Waals surface area contributed by atoms with Gasteiger partial charge in [-0.3, -0.25) is 4.57 Å². The highest BCUT2D eigenvalue weighted by Gasteiger charge is 2.32. The van der Waals surface area contributed by atoms with Gasteiger partial charge in [-0.1, -0.05) is 6.07 Å². The van der Waals surface area contributed by atoms with E-state index in [1.165, 1.54) is 10.6 Å². The molecule has 102 valence electrons. The molecule has 1 aromatic carbocycles. The molecule has 2 heterocycles. The largest absolute Gasteiger partial charge is 0.506 e. The van der Waals surface area contributed by atoms with Crippen molar-refractivity contribution in [3.8, 4) is 5.75 Å². The van der Waals surface area contributed by atoms with E-state index in [4.69, 9.17) is 0 Å². The van der Waals surface area contributed by atoms with E-state index in [0.29, 0.717) is 23.9 Å². The summed E-state index contributed by atoms with van der Waals surface area (Å²) in [6.07, 6.45) is 1.23. The van der Waals surface area contributed by atoms with Gasteiger partial charge in [0.15, 0.2) is 9.84 Å². The predicted molar refractivity (Wildman–Crippen MR) is 71.0 cm³/mol. The Kier molecular flexibility index (Phi) is 2.67. The maximum absolute atomic E-state index is 11.9. The lowest BCUT2D eigenvalue weighted by atomic mass is 10.2. The van der Waals surface area contributed by atoms with Gasteiger partial charge in [-0.2, -0.15) is 0 Å². The summed E-state index contributed by atoms with van der Waals surface area (Å²) in [4.78, 5) is 14.5. The van der Waals surface area contributed by atoms with Crippen LogP contribution in [-0.2, 0) is 16.4 Å². The van der Waals surface area contributed by atoms with Gasteiger partial charge in [0.1, 0.15) is 11.3 Å². The van der Waals surface area contributed by atoms with E-state index < -0.39 is 20.8 Å². The van der Waals surface area contributed by atoms with Crippen LogP contribution in [0.5, 0.6) is 5.75 Å². The molecule has 2 N–H and O–H groups in total. The van der Waals surface area contributed by atoms with Crippen molar-refractivity contribution in [1.82, 2.24) is 9.55 Å². The first-order valence-corrected chi connectivity index (χ1v) is 7.82. The van der Waals surface area contributed by atoms with E-state index in [-0.39, 0.29) is 18.0 Å². The molecule has 1 aliphatic heterocycles. The molecule has 1 unspecified atom stereocenters. The SMILES string of the molecule is O=c1[nH]c2c(O)cccc2n1CC1CCCS1(=O)=O.